The molecule has 0 fully saturated rings. The average molecular weight is 317 g/mol. The number of nitrogens with zero attached hydrogens (tertiary/aromatic N) is 3. The van der Waals surface area contributed by atoms with Crippen molar-refractivity contribution in [2.24, 2.45) is 10.2 Å². The number of benzene rings is 2. The summed E-state index contributed by atoms with van der Waals surface area (Å²) in [5.74, 6) is 0.649. The van der Waals surface area contributed by atoms with Crippen LogP contribution in [0.5, 0.6) is 0 Å². The van der Waals surface area contributed by atoms with Gasteiger partial charge in [0.25, 0.3) is 0 Å². The van der Waals surface area contributed by atoms with Gasteiger partial charge >= 0.3 is 0 Å². The van der Waals surface area contributed by atoms with Gasteiger partial charge in [0.05, 0.1) is 28.5 Å². The molecule has 0 bridgehead atoms. The molecule has 0 aliphatic heterocycles. The Kier molecular flexibility index (Phi) is 3.99. The van der Waals surface area contributed by atoms with Crippen molar-refractivity contribution in [1.29, 1.82) is 0 Å². The van der Waals surface area contributed by atoms with Crippen molar-refractivity contribution >= 4 is 46.7 Å². The third-order valence-electron chi connectivity index (χ3n) is 2.81. The second kappa shape index (κ2) is 6.08. The number of H-pyrrole nitrogens is 1. The predicted molar refractivity (Wildman–Crippen MR) is 87.7 cm³/mol. The molecule has 104 valence electrons. The fourth-order valence-corrected chi connectivity index (χ4v) is 2.28. The van der Waals surface area contributed by atoms with Crippen LogP contribution in [0, 0.1) is 0 Å². The highest BCUT2D eigenvalue weighted by molar-refractivity contribution is 6.36. The molecule has 0 radical (unpaired) electrons. The van der Waals surface area contributed by atoms with E-state index in [1.807, 2.05) is 24.3 Å². The molecule has 0 aliphatic rings. The highest BCUT2D eigenvalue weighted by Gasteiger charge is 1.99. The van der Waals surface area contributed by atoms with Gasteiger partial charge in [-0.2, -0.15) is 10.2 Å². The van der Waals surface area contributed by atoms with Crippen molar-refractivity contribution < 1.29 is 0 Å². The van der Waals surface area contributed by atoms with Crippen LogP contribution in [0.25, 0.3) is 11.0 Å². The molecule has 3 aromatic rings. The number of imidazole rings is 1. The van der Waals surface area contributed by atoms with Gasteiger partial charge in [-0.1, -0.05) is 41.4 Å². The molecule has 2 aromatic carbocycles. The van der Waals surface area contributed by atoms with Gasteiger partial charge in [0.1, 0.15) is 0 Å². The van der Waals surface area contributed by atoms with E-state index in [9.17, 15) is 0 Å². The maximum Gasteiger partial charge on any atom is 0.151 e. The fraction of sp³-hybridized carbons (Fsp3) is 0. The highest BCUT2D eigenvalue weighted by Crippen LogP contribution is 2.19. The average Bonchev–Trinajstić information content (AvgIpc) is 2.88. The van der Waals surface area contributed by atoms with E-state index in [1.165, 1.54) is 0 Å². The third-order valence-corrected chi connectivity index (χ3v) is 3.38. The quantitative estimate of drug-likeness (QED) is 0.567. The third kappa shape index (κ3) is 3.29. The Hall–Kier alpha value is -2.17. The molecule has 1 aromatic heterocycles. The highest BCUT2D eigenvalue weighted by atomic mass is 35.5. The predicted octanol–water partition coefficient (Wildman–Crippen LogP) is 4.32. The Morgan fingerprint density at radius 2 is 1.81 bits per heavy atom. The minimum atomic E-state index is 0.533. The van der Waals surface area contributed by atoms with E-state index in [-0.39, 0.29) is 0 Å². The van der Waals surface area contributed by atoms with Gasteiger partial charge in [-0.3, -0.25) is 0 Å². The van der Waals surface area contributed by atoms with Gasteiger partial charge in [0, 0.05) is 10.6 Å². The van der Waals surface area contributed by atoms with E-state index in [1.54, 1.807) is 30.6 Å². The van der Waals surface area contributed by atoms with E-state index in [0.717, 1.165) is 16.6 Å². The van der Waals surface area contributed by atoms with Crippen LogP contribution in [0.3, 0.4) is 0 Å². The Morgan fingerprint density at radius 3 is 2.62 bits per heavy atom. The van der Waals surface area contributed by atoms with Crippen molar-refractivity contribution in [2.45, 2.75) is 0 Å². The summed E-state index contributed by atoms with van der Waals surface area (Å²) in [6, 6.07) is 13.0. The van der Waals surface area contributed by atoms with Crippen LogP contribution in [-0.4, -0.2) is 22.4 Å². The number of nitrogens with one attached hydrogen (secondary N) is 1. The zero-order chi connectivity index (χ0) is 14.7. The molecule has 0 amide bonds. The summed E-state index contributed by atoms with van der Waals surface area (Å²) in [6.07, 6.45) is 3.12. The molecule has 3 rings (SSSR count). The maximum atomic E-state index is 6.03. The lowest BCUT2D eigenvalue weighted by Crippen LogP contribution is -1.84. The van der Waals surface area contributed by atoms with Crippen LogP contribution in [0.2, 0.25) is 10.0 Å². The lowest BCUT2D eigenvalue weighted by atomic mass is 10.2. The summed E-state index contributed by atoms with van der Waals surface area (Å²) in [6.45, 7) is 0. The van der Waals surface area contributed by atoms with Crippen LogP contribution >= 0.6 is 23.2 Å². The minimum absolute atomic E-state index is 0.533. The van der Waals surface area contributed by atoms with E-state index < -0.39 is 0 Å². The van der Waals surface area contributed by atoms with Crippen LogP contribution in [0.15, 0.2) is 52.7 Å². The lowest BCUT2D eigenvalue weighted by molar-refractivity contribution is 1.23. The van der Waals surface area contributed by atoms with Crippen LogP contribution < -0.4 is 0 Å². The number of fused-ring (bicyclic) bond motifs is 1. The number of hydrogen-bond donors (Lipinski definition) is 1. The molecule has 1 heterocycles. The summed E-state index contributed by atoms with van der Waals surface area (Å²) >= 11 is 11.9. The normalized spacial score (nSPS) is 11.9. The Bertz CT molecular complexity index is 804. The van der Waals surface area contributed by atoms with E-state index in [0.29, 0.717) is 15.9 Å². The van der Waals surface area contributed by atoms with E-state index in [4.69, 9.17) is 23.2 Å². The molecule has 0 spiro atoms. The summed E-state index contributed by atoms with van der Waals surface area (Å²) < 4.78 is 0. The first-order valence-electron chi connectivity index (χ1n) is 6.18. The van der Waals surface area contributed by atoms with Gasteiger partial charge < -0.3 is 4.98 Å². The van der Waals surface area contributed by atoms with Crippen LogP contribution in [0.4, 0.5) is 0 Å². The van der Waals surface area contributed by atoms with Crippen molar-refractivity contribution in [2.75, 3.05) is 0 Å². The smallest absolute Gasteiger partial charge is 0.151 e. The Morgan fingerprint density at radius 1 is 1.00 bits per heavy atom. The second-order valence-electron chi connectivity index (χ2n) is 4.29. The lowest BCUT2D eigenvalue weighted by Gasteiger charge is -1.96. The van der Waals surface area contributed by atoms with E-state index >= 15 is 0 Å². The summed E-state index contributed by atoms with van der Waals surface area (Å²) in [7, 11) is 0. The van der Waals surface area contributed by atoms with Gasteiger partial charge in [-0.05, 0) is 24.3 Å². The first-order chi connectivity index (χ1) is 10.2. The van der Waals surface area contributed by atoms with Gasteiger partial charge in [-0.25, -0.2) is 4.98 Å². The van der Waals surface area contributed by atoms with E-state index in [2.05, 4.69) is 20.2 Å². The van der Waals surface area contributed by atoms with Crippen molar-refractivity contribution in [3.05, 3.63) is 63.9 Å². The standard InChI is InChI=1S/C15H10Cl2N4/c16-11-6-5-10(12(17)7-11)8-18-19-9-15-20-13-3-1-2-4-14(13)21-15/h1-9H,(H,20,21)/b18-8-,19-9-. The Balaban J connectivity index is 1.75. The number of para-hydroxylation sites is 2. The maximum absolute atomic E-state index is 6.03. The molecule has 21 heavy (non-hydrogen) atoms. The number of hydrogen-bond acceptors (Lipinski definition) is 3. The molecule has 0 saturated carbocycles. The molecular formula is C15H10Cl2N4. The van der Waals surface area contributed by atoms with Crippen molar-refractivity contribution in [3.8, 4) is 0 Å². The van der Waals surface area contributed by atoms with Crippen molar-refractivity contribution in [1.82, 2.24) is 9.97 Å². The Labute approximate surface area is 131 Å². The summed E-state index contributed by atoms with van der Waals surface area (Å²) in [4.78, 5) is 7.50. The summed E-state index contributed by atoms with van der Waals surface area (Å²) in [5, 5.41) is 9.03. The fourth-order valence-electron chi connectivity index (χ4n) is 1.82. The van der Waals surface area contributed by atoms with Crippen molar-refractivity contribution in [3.63, 3.8) is 0 Å². The zero-order valence-electron chi connectivity index (χ0n) is 10.8. The van der Waals surface area contributed by atoms with Crippen LogP contribution in [0.1, 0.15) is 11.4 Å². The first-order valence-corrected chi connectivity index (χ1v) is 6.94. The zero-order valence-corrected chi connectivity index (χ0v) is 12.3. The van der Waals surface area contributed by atoms with Gasteiger partial charge in [0.15, 0.2) is 5.82 Å². The summed E-state index contributed by atoms with van der Waals surface area (Å²) in [5.41, 5.74) is 2.61. The molecular weight excluding hydrogens is 307 g/mol. The van der Waals surface area contributed by atoms with Gasteiger partial charge in [-0.15, -0.1) is 0 Å². The number of rotatable bonds is 3. The monoisotopic (exact) mass is 316 g/mol. The molecule has 0 aliphatic carbocycles. The van der Waals surface area contributed by atoms with Gasteiger partial charge in [0.2, 0.25) is 0 Å². The molecule has 0 unspecified atom stereocenters. The number of aromatic amines is 1. The second-order valence-corrected chi connectivity index (χ2v) is 5.14. The molecule has 6 heteroatoms. The first kappa shape index (κ1) is 13.8. The largest absolute Gasteiger partial charge is 0.337 e. The molecule has 4 nitrogen and oxygen atoms in total. The molecule has 0 atom stereocenters. The molecule has 0 saturated heterocycles. The van der Waals surface area contributed by atoms with Crippen LogP contribution in [-0.2, 0) is 0 Å². The minimum Gasteiger partial charge on any atom is -0.337 e. The number of aromatic nitrogens is 2. The SMILES string of the molecule is Clc1ccc(/C=N\N=C/c2nc3ccccc3[nH]2)c(Cl)c1. The topological polar surface area (TPSA) is 53.4 Å². The molecule has 1 N–H and O–H groups in total. The number of halogens is 2.